The number of rotatable bonds is 6. The molecule has 3 rings (SSSR count). The molecule has 1 aliphatic carbocycles. The van der Waals surface area contributed by atoms with E-state index >= 15 is 0 Å². The summed E-state index contributed by atoms with van der Waals surface area (Å²) in [4.78, 5) is 12.5. The van der Waals surface area contributed by atoms with Crippen LogP contribution in [0, 0.1) is 0 Å². The molecule has 1 amide bonds. The normalized spacial score (nSPS) is 16.6. The zero-order valence-corrected chi connectivity index (χ0v) is 13.6. The summed E-state index contributed by atoms with van der Waals surface area (Å²) in [5.41, 5.74) is 1.42. The van der Waals surface area contributed by atoms with Crippen LogP contribution in [-0.2, 0) is 10.2 Å². The van der Waals surface area contributed by atoms with E-state index < -0.39 is 11.5 Å². The van der Waals surface area contributed by atoms with Gasteiger partial charge in [0, 0.05) is 11.6 Å². The summed E-state index contributed by atoms with van der Waals surface area (Å²) < 4.78 is 0. The summed E-state index contributed by atoms with van der Waals surface area (Å²) in [6.45, 7) is 0.456. The molecule has 0 radical (unpaired) electrons. The second kappa shape index (κ2) is 6.73. The Morgan fingerprint density at radius 2 is 1.91 bits per heavy atom. The maximum atomic E-state index is 12.5. The van der Waals surface area contributed by atoms with Crippen molar-refractivity contribution in [3.05, 3.63) is 70.7 Å². The van der Waals surface area contributed by atoms with Crippen molar-refractivity contribution in [2.75, 3.05) is 6.54 Å². The maximum absolute atomic E-state index is 12.5. The number of benzene rings is 2. The third-order valence-corrected chi connectivity index (χ3v) is 4.68. The summed E-state index contributed by atoms with van der Waals surface area (Å²) >= 11 is 6.03. The van der Waals surface area contributed by atoms with Gasteiger partial charge in [0.25, 0.3) is 0 Å². The second-order valence-corrected chi connectivity index (χ2v) is 6.50. The summed E-state index contributed by atoms with van der Waals surface area (Å²) in [6.07, 6.45) is 1.64. The van der Waals surface area contributed by atoms with Gasteiger partial charge in [0.15, 0.2) is 0 Å². The molecule has 0 heterocycles. The van der Waals surface area contributed by atoms with Crippen molar-refractivity contribution >= 4 is 17.5 Å². The van der Waals surface area contributed by atoms with Crippen molar-refractivity contribution in [3.63, 3.8) is 0 Å². The fourth-order valence-electron chi connectivity index (χ4n) is 2.89. The van der Waals surface area contributed by atoms with Crippen LogP contribution in [0.5, 0.6) is 0 Å². The molecule has 120 valence electrons. The van der Waals surface area contributed by atoms with Gasteiger partial charge in [0.1, 0.15) is 0 Å². The smallest absolute Gasteiger partial charge is 0.230 e. The fraction of sp³-hybridized carbons (Fsp3) is 0.316. The first kappa shape index (κ1) is 16.0. The van der Waals surface area contributed by atoms with Crippen molar-refractivity contribution in [1.82, 2.24) is 5.32 Å². The molecule has 0 spiro atoms. The van der Waals surface area contributed by atoms with E-state index in [-0.39, 0.29) is 5.91 Å². The molecule has 2 aromatic rings. The average molecular weight is 330 g/mol. The third-order valence-electron chi connectivity index (χ3n) is 4.45. The molecule has 3 nitrogen and oxygen atoms in total. The molecule has 1 atom stereocenters. The average Bonchev–Trinajstić information content (AvgIpc) is 3.37. The first-order valence-corrected chi connectivity index (χ1v) is 8.27. The molecule has 1 unspecified atom stereocenters. The monoisotopic (exact) mass is 329 g/mol. The van der Waals surface area contributed by atoms with Crippen LogP contribution in [0.25, 0.3) is 0 Å². The van der Waals surface area contributed by atoms with Crippen LogP contribution in [0.1, 0.15) is 36.5 Å². The molecule has 2 N–H and O–H groups in total. The SMILES string of the molecule is O=C(NCCC(O)c1ccccc1)C1(c2cccc(Cl)c2)CC1. The van der Waals surface area contributed by atoms with Gasteiger partial charge in [0.2, 0.25) is 5.91 Å². The van der Waals surface area contributed by atoms with Crippen LogP contribution < -0.4 is 5.32 Å². The largest absolute Gasteiger partial charge is 0.388 e. The quantitative estimate of drug-likeness (QED) is 0.850. The first-order valence-electron chi connectivity index (χ1n) is 7.89. The Kier molecular flexibility index (Phi) is 4.69. The molecule has 1 fully saturated rings. The van der Waals surface area contributed by atoms with Crippen molar-refractivity contribution in [2.24, 2.45) is 0 Å². The van der Waals surface area contributed by atoms with E-state index in [4.69, 9.17) is 11.6 Å². The predicted octanol–water partition coefficient (Wildman–Crippen LogP) is 3.61. The molecule has 2 aromatic carbocycles. The van der Waals surface area contributed by atoms with Gasteiger partial charge in [-0.15, -0.1) is 0 Å². The van der Waals surface area contributed by atoms with Crippen LogP contribution in [0.15, 0.2) is 54.6 Å². The standard InChI is InChI=1S/C19H20ClNO2/c20-16-8-4-7-15(13-16)19(10-11-19)18(23)21-12-9-17(22)14-5-2-1-3-6-14/h1-8,13,17,22H,9-12H2,(H,21,23). The minimum atomic E-state index is -0.558. The number of nitrogens with one attached hydrogen (secondary N) is 1. The number of amides is 1. The molecular formula is C19H20ClNO2. The van der Waals surface area contributed by atoms with Crippen LogP contribution in [0.4, 0.5) is 0 Å². The van der Waals surface area contributed by atoms with Crippen molar-refractivity contribution in [3.8, 4) is 0 Å². The van der Waals surface area contributed by atoms with Crippen molar-refractivity contribution < 1.29 is 9.90 Å². The summed E-state index contributed by atoms with van der Waals surface area (Å²) in [6, 6.07) is 17.0. The minimum absolute atomic E-state index is 0.0278. The molecule has 0 aromatic heterocycles. The molecule has 0 bridgehead atoms. The number of aliphatic hydroxyl groups excluding tert-OH is 1. The zero-order chi connectivity index (χ0) is 16.3. The Morgan fingerprint density at radius 1 is 1.17 bits per heavy atom. The summed E-state index contributed by atoms with van der Waals surface area (Å²) in [7, 11) is 0. The summed E-state index contributed by atoms with van der Waals surface area (Å²) in [5.74, 6) is 0.0278. The number of hydrogen-bond acceptors (Lipinski definition) is 2. The Labute approximate surface area is 141 Å². The zero-order valence-electron chi connectivity index (χ0n) is 12.8. The molecular weight excluding hydrogens is 310 g/mol. The van der Waals surface area contributed by atoms with Gasteiger partial charge in [0.05, 0.1) is 11.5 Å². The Hall–Kier alpha value is -1.84. The first-order chi connectivity index (χ1) is 11.1. The van der Waals surface area contributed by atoms with Gasteiger partial charge in [-0.1, -0.05) is 54.1 Å². The van der Waals surface area contributed by atoms with E-state index in [1.807, 2.05) is 54.6 Å². The minimum Gasteiger partial charge on any atom is -0.388 e. The van der Waals surface area contributed by atoms with E-state index in [0.29, 0.717) is 18.0 Å². The van der Waals surface area contributed by atoms with E-state index in [9.17, 15) is 9.90 Å². The number of halogens is 1. The van der Waals surface area contributed by atoms with Gasteiger partial charge in [-0.2, -0.15) is 0 Å². The topological polar surface area (TPSA) is 49.3 Å². The lowest BCUT2D eigenvalue weighted by Gasteiger charge is -2.17. The van der Waals surface area contributed by atoms with Gasteiger partial charge in [-0.25, -0.2) is 0 Å². The van der Waals surface area contributed by atoms with E-state index in [0.717, 1.165) is 24.0 Å². The maximum Gasteiger partial charge on any atom is 0.230 e. The highest BCUT2D eigenvalue weighted by molar-refractivity contribution is 6.30. The highest BCUT2D eigenvalue weighted by Gasteiger charge is 2.51. The van der Waals surface area contributed by atoms with Crippen LogP contribution >= 0.6 is 11.6 Å². The van der Waals surface area contributed by atoms with E-state index in [1.54, 1.807) is 0 Å². The van der Waals surface area contributed by atoms with Crippen LogP contribution in [0.2, 0.25) is 5.02 Å². The number of aliphatic hydroxyl groups is 1. The lowest BCUT2D eigenvalue weighted by atomic mass is 9.95. The highest BCUT2D eigenvalue weighted by Crippen LogP contribution is 2.48. The number of carbonyl (C=O) groups is 1. The lowest BCUT2D eigenvalue weighted by Crippen LogP contribution is -2.35. The van der Waals surface area contributed by atoms with Gasteiger partial charge in [-0.05, 0) is 42.5 Å². The fourth-order valence-corrected chi connectivity index (χ4v) is 3.08. The lowest BCUT2D eigenvalue weighted by molar-refractivity contribution is -0.123. The van der Waals surface area contributed by atoms with E-state index in [2.05, 4.69) is 5.32 Å². The molecule has 1 aliphatic rings. The van der Waals surface area contributed by atoms with Gasteiger partial charge in [-0.3, -0.25) is 4.79 Å². The number of hydrogen-bond donors (Lipinski definition) is 2. The Balaban J connectivity index is 1.56. The molecule has 0 saturated heterocycles. The predicted molar refractivity (Wildman–Crippen MR) is 91.4 cm³/mol. The molecule has 1 saturated carbocycles. The van der Waals surface area contributed by atoms with Crippen molar-refractivity contribution in [2.45, 2.75) is 30.8 Å². The van der Waals surface area contributed by atoms with Crippen LogP contribution in [0.3, 0.4) is 0 Å². The van der Waals surface area contributed by atoms with Crippen molar-refractivity contribution in [1.29, 1.82) is 0 Å². The molecule has 0 aliphatic heterocycles. The van der Waals surface area contributed by atoms with E-state index in [1.165, 1.54) is 0 Å². The van der Waals surface area contributed by atoms with Gasteiger partial charge < -0.3 is 10.4 Å². The second-order valence-electron chi connectivity index (χ2n) is 6.06. The van der Waals surface area contributed by atoms with Crippen LogP contribution in [-0.4, -0.2) is 17.6 Å². The molecule has 23 heavy (non-hydrogen) atoms. The number of carbonyl (C=O) groups excluding carboxylic acids is 1. The Bertz CT molecular complexity index is 683. The third kappa shape index (κ3) is 3.57. The Morgan fingerprint density at radius 3 is 2.57 bits per heavy atom. The highest BCUT2D eigenvalue weighted by atomic mass is 35.5. The molecule has 4 heteroatoms. The summed E-state index contributed by atoms with van der Waals surface area (Å²) in [5, 5.41) is 13.8. The van der Waals surface area contributed by atoms with Gasteiger partial charge >= 0.3 is 0 Å².